The van der Waals surface area contributed by atoms with Crippen molar-refractivity contribution in [2.45, 2.75) is 13.5 Å². The lowest BCUT2D eigenvalue weighted by atomic mass is 10.2. The van der Waals surface area contributed by atoms with Gasteiger partial charge in [-0.05, 0) is 46.6 Å². The molecule has 0 spiro atoms. The Hall–Kier alpha value is -1.42. The van der Waals surface area contributed by atoms with Crippen LogP contribution in [-0.2, 0) is 6.61 Å². The van der Waals surface area contributed by atoms with Gasteiger partial charge in [0, 0.05) is 22.4 Å². The van der Waals surface area contributed by atoms with Crippen LogP contribution in [0.3, 0.4) is 0 Å². The van der Waals surface area contributed by atoms with E-state index in [-0.39, 0.29) is 11.6 Å². The van der Waals surface area contributed by atoms with Crippen molar-refractivity contribution in [3.63, 3.8) is 0 Å². The van der Waals surface area contributed by atoms with Gasteiger partial charge in [-0.3, -0.25) is 4.98 Å². The predicted octanol–water partition coefficient (Wildman–Crippen LogP) is 3.87. The Labute approximate surface area is 108 Å². The highest BCUT2D eigenvalue weighted by Crippen LogP contribution is 2.20. The third kappa shape index (κ3) is 3.27. The second-order valence-electron chi connectivity index (χ2n) is 3.73. The monoisotopic (exact) mass is 295 g/mol. The van der Waals surface area contributed by atoms with E-state index >= 15 is 0 Å². The molecular weight excluding hydrogens is 285 g/mol. The van der Waals surface area contributed by atoms with E-state index < -0.39 is 0 Å². The molecular formula is C13H11BrFNO. The largest absolute Gasteiger partial charge is 0.486 e. The summed E-state index contributed by atoms with van der Waals surface area (Å²) in [6.07, 6.45) is 3.38. The van der Waals surface area contributed by atoms with Crippen LogP contribution in [0.2, 0.25) is 0 Å². The molecule has 0 aliphatic rings. The molecule has 2 rings (SSSR count). The summed E-state index contributed by atoms with van der Waals surface area (Å²) in [6, 6.07) is 6.69. The molecule has 1 heterocycles. The van der Waals surface area contributed by atoms with Crippen LogP contribution in [-0.4, -0.2) is 4.98 Å². The molecule has 17 heavy (non-hydrogen) atoms. The summed E-state index contributed by atoms with van der Waals surface area (Å²) in [5.41, 5.74) is 1.86. The average Bonchev–Trinajstić information content (AvgIpc) is 2.30. The molecule has 0 unspecified atom stereocenters. The van der Waals surface area contributed by atoms with E-state index in [9.17, 15) is 4.39 Å². The first-order chi connectivity index (χ1) is 8.15. The van der Waals surface area contributed by atoms with Gasteiger partial charge in [0.1, 0.15) is 6.61 Å². The molecule has 1 aromatic carbocycles. The summed E-state index contributed by atoms with van der Waals surface area (Å²) in [7, 11) is 0. The molecule has 1 aromatic heterocycles. The zero-order chi connectivity index (χ0) is 12.3. The van der Waals surface area contributed by atoms with Crippen LogP contribution in [0.4, 0.5) is 4.39 Å². The van der Waals surface area contributed by atoms with Crippen molar-refractivity contribution < 1.29 is 9.13 Å². The van der Waals surface area contributed by atoms with Gasteiger partial charge in [0.05, 0.1) is 0 Å². The van der Waals surface area contributed by atoms with Gasteiger partial charge >= 0.3 is 0 Å². The standard InChI is InChI=1S/C13H11BrFNO/c1-9-2-3-12(15)13(4-9)17-8-10-5-11(14)7-16-6-10/h2-7H,8H2,1H3. The normalized spacial score (nSPS) is 10.3. The van der Waals surface area contributed by atoms with Gasteiger partial charge in [-0.25, -0.2) is 4.39 Å². The van der Waals surface area contributed by atoms with Crippen LogP contribution in [0.5, 0.6) is 5.75 Å². The lowest BCUT2D eigenvalue weighted by Crippen LogP contribution is -1.98. The molecule has 0 N–H and O–H groups in total. The van der Waals surface area contributed by atoms with Crippen molar-refractivity contribution >= 4 is 15.9 Å². The number of pyridine rings is 1. The van der Waals surface area contributed by atoms with Gasteiger partial charge in [0.2, 0.25) is 0 Å². The maximum atomic E-state index is 13.4. The summed E-state index contributed by atoms with van der Waals surface area (Å²) in [5.74, 6) is -0.0801. The van der Waals surface area contributed by atoms with Crippen molar-refractivity contribution in [3.05, 3.63) is 58.1 Å². The van der Waals surface area contributed by atoms with Gasteiger partial charge in [0.25, 0.3) is 0 Å². The summed E-state index contributed by atoms with van der Waals surface area (Å²) < 4.78 is 19.7. The highest BCUT2D eigenvalue weighted by molar-refractivity contribution is 9.10. The summed E-state index contributed by atoms with van der Waals surface area (Å²) in [5, 5.41) is 0. The third-order valence-corrected chi connectivity index (χ3v) is 2.68. The molecule has 0 saturated carbocycles. The first kappa shape index (κ1) is 12.0. The maximum absolute atomic E-state index is 13.4. The highest BCUT2D eigenvalue weighted by Gasteiger charge is 2.04. The summed E-state index contributed by atoms with van der Waals surface area (Å²) in [6.45, 7) is 2.19. The summed E-state index contributed by atoms with van der Waals surface area (Å²) in [4.78, 5) is 4.02. The predicted molar refractivity (Wildman–Crippen MR) is 67.4 cm³/mol. The molecule has 0 amide bonds. The van der Waals surface area contributed by atoms with Gasteiger partial charge in [-0.15, -0.1) is 0 Å². The van der Waals surface area contributed by atoms with Crippen LogP contribution < -0.4 is 4.74 Å². The van der Waals surface area contributed by atoms with Crippen molar-refractivity contribution in [3.8, 4) is 5.75 Å². The van der Waals surface area contributed by atoms with E-state index in [0.717, 1.165) is 15.6 Å². The molecule has 88 valence electrons. The fourth-order valence-electron chi connectivity index (χ4n) is 1.42. The second-order valence-corrected chi connectivity index (χ2v) is 4.65. The molecule has 0 bridgehead atoms. The van der Waals surface area contributed by atoms with Crippen molar-refractivity contribution in [1.82, 2.24) is 4.98 Å². The minimum atomic E-state index is -0.349. The van der Waals surface area contributed by atoms with Crippen LogP contribution in [0.15, 0.2) is 41.1 Å². The molecule has 0 saturated heterocycles. The van der Waals surface area contributed by atoms with Crippen LogP contribution >= 0.6 is 15.9 Å². The zero-order valence-electron chi connectivity index (χ0n) is 9.28. The van der Waals surface area contributed by atoms with Crippen molar-refractivity contribution in [2.75, 3.05) is 0 Å². The van der Waals surface area contributed by atoms with Gasteiger partial charge in [-0.2, -0.15) is 0 Å². The Kier molecular flexibility index (Phi) is 3.74. The zero-order valence-corrected chi connectivity index (χ0v) is 10.9. The molecule has 0 aliphatic carbocycles. The van der Waals surface area contributed by atoms with E-state index in [0.29, 0.717) is 6.61 Å². The molecule has 0 aliphatic heterocycles. The SMILES string of the molecule is Cc1ccc(F)c(OCc2cncc(Br)c2)c1. The molecule has 2 nitrogen and oxygen atoms in total. The average molecular weight is 296 g/mol. The topological polar surface area (TPSA) is 22.1 Å². The third-order valence-electron chi connectivity index (χ3n) is 2.24. The number of rotatable bonds is 3. The number of benzene rings is 1. The number of halogens is 2. The van der Waals surface area contributed by atoms with Crippen molar-refractivity contribution in [2.24, 2.45) is 0 Å². The van der Waals surface area contributed by atoms with Crippen LogP contribution in [0.25, 0.3) is 0 Å². The quantitative estimate of drug-likeness (QED) is 0.857. The Morgan fingerprint density at radius 1 is 1.29 bits per heavy atom. The Morgan fingerprint density at radius 3 is 2.88 bits per heavy atom. The van der Waals surface area contributed by atoms with E-state index in [1.165, 1.54) is 6.07 Å². The van der Waals surface area contributed by atoms with E-state index in [2.05, 4.69) is 20.9 Å². The fraction of sp³-hybridized carbons (Fsp3) is 0.154. The summed E-state index contributed by atoms with van der Waals surface area (Å²) >= 11 is 3.32. The van der Waals surface area contributed by atoms with Gasteiger partial charge in [-0.1, -0.05) is 6.07 Å². The number of ether oxygens (including phenoxy) is 1. The van der Waals surface area contributed by atoms with Crippen LogP contribution in [0, 0.1) is 12.7 Å². The molecule has 0 atom stereocenters. The van der Waals surface area contributed by atoms with E-state index in [1.807, 2.05) is 13.0 Å². The van der Waals surface area contributed by atoms with E-state index in [4.69, 9.17) is 4.74 Å². The molecule has 4 heteroatoms. The molecule has 0 fully saturated rings. The highest BCUT2D eigenvalue weighted by atomic mass is 79.9. The fourth-order valence-corrected chi connectivity index (χ4v) is 1.83. The lowest BCUT2D eigenvalue weighted by molar-refractivity contribution is 0.289. The number of nitrogens with zero attached hydrogens (tertiary/aromatic N) is 1. The first-order valence-electron chi connectivity index (χ1n) is 5.13. The van der Waals surface area contributed by atoms with Crippen molar-refractivity contribution in [1.29, 1.82) is 0 Å². The lowest BCUT2D eigenvalue weighted by Gasteiger charge is -2.08. The van der Waals surface area contributed by atoms with Gasteiger partial charge in [0.15, 0.2) is 11.6 Å². The molecule has 2 aromatic rings. The van der Waals surface area contributed by atoms with E-state index in [1.54, 1.807) is 24.5 Å². The Morgan fingerprint density at radius 2 is 2.12 bits per heavy atom. The number of aryl methyl sites for hydroxylation is 1. The molecule has 0 radical (unpaired) electrons. The Bertz CT molecular complexity index is 531. The minimum absolute atomic E-state index is 0.268. The Balaban J connectivity index is 2.09. The van der Waals surface area contributed by atoms with Crippen LogP contribution in [0.1, 0.15) is 11.1 Å². The smallest absolute Gasteiger partial charge is 0.165 e. The number of hydrogen-bond donors (Lipinski definition) is 0. The minimum Gasteiger partial charge on any atom is -0.486 e. The number of aromatic nitrogens is 1. The first-order valence-corrected chi connectivity index (χ1v) is 5.93. The second kappa shape index (κ2) is 5.27. The maximum Gasteiger partial charge on any atom is 0.165 e. The number of hydrogen-bond acceptors (Lipinski definition) is 2. The van der Waals surface area contributed by atoms with Gasteiger partial charge < -0.3 is 4.74 Å².